The molecule has 144 valence electrons. The molecule has 28 heavy (non-hydrogen) atoms. The second-order valence-corrected chi connectivity index (χ2v) is 7.35. The van der Waals surface area contributed by atoms with Crippen LogP contribution in [0.4, 0.5) is 10.1 Å². The molecule has 0 aliphatic carbocycles. The van der Waals surface area contributed by atoms with Gasteiger partial charge in [0.25, 0.3) is 5.69 Å². The fourth-order valence-corrected chi connectivity index (χ4v) is 4.07. The molecule has 1 aliphatic heterocycles. The average Bonchev–Trinajstić information content (AvgIpc) is 3.06. The molecular formula is C21H19ClFN3O2. The molecule has 0 unspecified atom stereocenters. The molecule has 0 bridgehead atoms. The smallest absolute Gasteiger partial charge is 0.269 e. The molecule has 0 radical (unpaired) electrons. The first kappa shape index (κ1) is 18.7. The van der Waals surface area contributed by atoms with Crippen LogP contribution in [-0.4, -0.2) is 20.9 Å². The van der Waals surface area contributed by atoms with Crippen LogP contribution in [0.5, 0.6) is 0 Å². The van der Waals surface area contributed by atoms with Crippen molar-refractivity contribution in [3.63, 3.8) is 0 Å². The van der Waals surface area contributed by atoms with Gasteiger partial charge in [-0.25, -0.2) is 4.39 Å². The molecule has 0 N–H and O–H groups in total. The summed E-state index contributed by atoms with van der Waals surface area (Å²) in [5.41, 5.74) is 2.75. The van der Waals surface area contributed by atoms with Crippen LogP contribution < -0.4 is 0 Å². The van der Waals surface area contributed by atoms with Crippen molar-refractivity contribution in [3.05, 3.63) is 98.6 Å². The Bertz CT molecular complexity index is 1000. The summed E-state index contributed by atoms with van der Waals surface area (Å²) >= 11 is 6.50. The van der Waals surface area contributed by atoms with E-state index in [1.165, 1.54) is 18.2 Å². The number of benzene rings is 2. The summed E-state index contributed by atoms with van der Waals surface area (Å²) < 4.78 is 15.5. The van der Waals surface area contributed by atoms with Crippen molar-refractivity contribution >= 4 is 17.3 Å². The zero-order chi connectivity index (χ0) is 19.7. The molecule has 2 aromatic carbocycles. The molecule has 1 aliphatic rings. The van der Waals surface area contributed by atoms with Crippen LogP contribution in [0.1, 0.15) is 29.3 Å². The van der Waals surface area contributed by atoms with Gasteiger partial charge < -0.3 is 4.57 Å². The molecule has 0 saturated heterocycles. The number of nitro groups is 1. The molecule has 0 amide bonds. The van der Waals surface area contributed by atoms with Crippen LogP contribution in [-0.2, 0) is 13.1 Å². The molecule has 2 heterocycles. The van der Waals surface area contributed by atoms with Crippen LogP contribution in [0.3, 0.4) is 0 Å². The third kappa shape index (κ3) is 3.66. The molecule has 4 rings (SSSR count). The highest BCUT2D eigenvalue weighted by atomic mass is 35.5. The van der Waals surface area contributed by atoms with E-state index < -0.39 is 4.92 Å². The summed E-state index contributed by atoms with van der Waals surface area (Å²) in [7, 11) is 0. The lowest BCUT2D eigenvalue weighted by Crippen LogP contribution is -2.29. The maximum atomic E-state index is 13.3. The van der Waals surface area contributed by atoms with Gasteiger partial charge in [0, 0.05) is 54.2 Å². The number of aryl methyl sites for hydroxylation is 1. The summed E-state index contributed by atoms with van der Waals surface area (Å²) in [6.45, 7) is 2.25. The lowest BCUT2D eigenvalue weighted by atomic mass is 10.00. The molecule has 0 fully saturated rings. The summed E-state index contributed by atoms with van der Waals surface area (Å²) in [5.74, 6) is -0.272. The van der Waals surface area contributed by atoms with Gasteiger partial charge in [0.2, 0.25) is 0 Å². The number of halogens is 2. The fraction of sp³-hybridized carbons (Fsp3) is 0.238. The highest BCUT2D eigenvalue weighted by molar-refractivity contribution is 6.31. The SMILES string of the molecule is O=[N+]([O-])c1ccc(Cl)c([C@@H]2c3cccn3CCCN2Cc2ccc(F)cc2)c1. The zero-order valence-electron chi connectivity index (χ0n) is 15.1. The maximum Gasteiger partial charge on any atom is 0.269 e. The predicted molar refractivity (Wildman–Crippen MR) is 106 cm³/mol. The Balaban J connectivity index is 1.80. The first-order valence-corrected chi connectivity index (χ1v) is 9.48. The van der Waals surface area contributed by atoms with E-state index in [0.29, 0.717) is 17.1 Å². The molecule has 7 heteroatoms. The van der Waals surface area contributed by atoms with E-state index in [-0.39, 0.29) is 17.5 Å². The Kier molecular flexibility index (Phi) is 5.15. The van der Waals surface area contributed by atoms with E-state index in [9.17, 15) is 14.5 Å². The van der Waals surface area contributed by atoms with Crippen molar-refractivity contribution in [1.29, 1.82) is 0 Å². The first-order chi connectivity index (χ1) is 13.5. The Morgan fingerprint density at radius 1 is 1.14 bits per heavy atom. The standard InChI is InChI=1S/C21H19ClFN3O2/c22-19-9-8-17(26(27)28)13-18(19)21-20-3-1-10-24(20)11-2-12-25(21)14-15-4-6-16(23)7-5-15/h1,3-10,13,21H,2,11-12,14H2/t21-/m1/s1. The van der Waals surface area contributed by atoms with E-state index in [2.05, 4.69) is 9.47 Å². The number of nitrogens with zero attached hydrogens (tertiary/aromatic N) is 3. The second kappa shape index (κ2) is 7.73. The Hall–Kier alpha value is -2.70. The quantitative estimate of drug-likeness (QED) is 0.448. The molecule has 1 aromatic heterocycles. The van der Waals surface area contributed by atoms with Gasteiger partial charge in [0.05, 0.1) is 11.0 Å². The lowest BCUT2D eigenvalue weighted by molar-refractivity contribution is -0.384. The summed E-state index contributed by atoms with van der Waals surface area (Å²) in [6, 6.07) is 14.8. The van der Waals surface area contributed by atoms with E-state index in [1.54, 1.807) is 24.3 Å². The van der Waals surface area contributed by atoms with Crippen molar-refractivity contribution in [2.24, 2.45) is 0 Å². The van der Waals surface area contributed by atoms with Crippen molar-refractivity contribution in [1.82, 2.24) is 9.47 Å². The Morgan fingerprint density at radius 3 is 2.68 bits per heavy atom. The van der Waals surface area contributed by atoms with Gasteiger partial charge in [0.1, 0.15) is 5.82 Å². The van der Waals surface area contributed by atoms with Crippen LogP contribution in [0.25, 0.3) is 0 Å². The average molecular weight is 400 g/mol. The highest BCUT2D eigenvalue weighted by Gasteiger charge is 2.30. The van der Waals surface area contributed by atoms with Gasteiger partial charge in [0.15, 0.2) is 0 Å². The van der Waals surface area contributed by atoms with Gasteiger partial charge in [-0.05, 0) is 42.3 Å². The second-order valence-electron chi connectivity index (χ2n) is 6.94. The van der Waals surface area contributed by atoms with Gasteiger partial charge in [-0.3, -0.25) is 15.0 Å². The van der Waals surface area contributed by atoms with Crippen LogP contribution in [0, 0.1) is 15.9 Å². The van der Waals surface area contributed by atoms with E-state index in [1.807, 2.05) is 18.3 Å². The van der Waals surface area contributed by atoms with Gasteiger partial charge in [-0.15, -0.1) is 0 Å². The molecule has 3 aromatic rings. The minimum absolute atomic E-state index is 0.0171. The number of nitro benzene ring substituents is 1. The predicted octanol–water partition coefficient (Wildman–Crippen LogP) is 5.18. The normalized spacial score (nSPS) is 17.1. The molecule has 5 nitrogen and oxygen atoms in total. The summed E-state index contributed by atoms with van der Waals surface area (Å²) in [4.78, 5) is 13.2. The van der Waals surface area contributed by atoms with Crippen molar-refractivity contribution in [2.45, 2.75) is 25.6 Å². The van der Waals surface area contributed by atoms with Gasteiger partial charge in [-0.2, -0.15) is 0 Å². The number of rotatable bonds is 4. The third-order valence-corrected chi connectivity index (χ3v) is 5.48. The van der Waals surface area contributed by atoms with Crippen LogP contribution >= 0.6 is 11.6 Å². The van der Waals surface area contributed by atoms with Gasteiger partial charge in [-0.1, -0.05) is 23.7 Å². The lowest BCUT2D eigenvalue weighted by Gasteiger charge is -2.31. The minimum atomic E-state index is -0.403. The number of non-ortho nitro benzene ring substituents is 1. The molecule has 1 atom stereocenters. The monoisotopic (exact) mass is 399 g/mol. The topological polar surface area (TPSA) is 51.3 Å². The fourth-order valence-electron chi connectivity index (χ4n) is 3.84. The maximum absolute atomic E-state index is 13.3. The van der Waals surface area contributed by atoms with Crippen LogP contribution in [0.15, 0.2) is 60.8 Å². The summed E-state index contributed by atoms with van der Waals surface area (Å²) in [6.07, 6.45) is 2.96. The molecule has 0 spiro atoms. The van der Waals surface area contributed by atoms with Crippen molar-refractivity contribution < 1.29 is 9.31 Å². The van der Waals surface area contributed by atoms with E-state index in [4.69, 9.17) is 11.6 Å². The van der Waals surface area contributed by atoms with E-state index >= 15 is 0 Å². The van der Waals surface area contributed by atoms with Crippen molar-refractivity contribution in [3.8, 4) is 0 Å². The third-order valence-electron chi connectivity index (χ3n) is 5.14. The Labute approximate surface area is 167 Å². The number of fused-ring (bicyclic) bond motifs is 1. The summed E-state index contributed by atoms with van der Waals surface area (Å²) in [5, 5.41) is 11.8. The first-order valence-electron chi connectivity index (χ1n) is 9.10. The van der Waals surface area contributed by atoms with E-state index in [0.717, 1.165) is 30.8 Å². The number of hydrogen-bond donors (Lipinski definition) is 0. The minimum Gasteiger partial charge on any atom is -0.350 e. The van der Waals surface area contributed by atoms with Crippen LogP contribution in [0.2, 0.25) is 5.02 Å². The number of hydrogen-bond acceptors (Lipinski definition) is 3. The largest absolute Gasteiger partial charge is 0.350 e. The molecule has 0 saturated carbocycles. The van der Waals surface area contributed by atoms with Crippen molar-refractivity contribution in [2.75, 3.05) is 6.54 Å². The van der Waals surface area contributed by atoms with Gasteiger partial charge >= 0.3 is 0 Å². The number of aromatic nitrogens is 1. The molecular weight excluding hydrogens is 381 g/mol. The highest BCUT2D eigenvalue weighted by Crippen LogP contribution is 2.38. The Morgan fingerprint density at radius 2 is 1.93 bits per heavy atom. The zero-order valence-corrected chi connectivity index (χ0v) is 15.8.